The van der Waals surface area contributed by atoms with Crippen LogP contribution in [-0.4, -0.2) is 69.0 Å². The third-order valence-electron chi connectivity index (χ3n) is 7.41. The molecule has 0 N–H and O–H groups in total. The Balaban J connectivity index is 1.44. The molecule has 1 aromatic heterocycles. The summed E-state index contributed by atoms with van der Waals surface area (Å²) >= 11 is 0. The number of benzene rings is 3. The predicted octanol–water partition coefficient (Wildman–Crippen LogP) is 4.20. The Hall–Kier alpha value is -4.38. The van der Waals surface area contributed by atoms with Crippen LogP contribution in [0.5, 0.6) is 0 Å². The van der Waals surface area contributed by atoms with E-state index in [0.29, 0.717) is 13.0 Å². The van der Waals surface area contributed by atoms with Gasteiger partial charge in [0.1, 0.15) is 38.0 Å². The summed E-state index contributed by atoms with van der Waals surface area (Å²) in [4.78, 5) is 32.6. The van der Waals surface area contributed by atoms with Crippen molar-refractivity contribution in [3.05, 3.63) is 120 Å². The minimum atomic E-state index is -0.937. The van der Waals surface area contributed by atoms with E-state index in [0.717, 1.165) is 16.7 Å². The van der Waals surface area contributed by atoms with Crippen LogP contribution in [0.25, 0.3) is 0 Å². The number of hydrogen-bond acceptors (Lipinski definition) is 8. The van der Waals surface area contributed by atoms with Crippen molar-refractivity contribution in [3.63, 3.8) is 0 Å². The van der Waals surface area contributed by atoms with E-state index in [4.69, 9.17) is 18.9 Å². The molecule has 5 rings (SSSR count). The lowest BCUT2D eigenvalue weighted by atomic mass is 9.92. The van der Waals surface area contributed by atoms with E-state index < -0.39 is 30.3 Å². The Kier molecular flexibility index (Phi) is 11.2. The molecule has 4 aromatic rings. The van der Waals surface area contributed by atoms with E-state index in [-0.39, 0.29) is 38.9 Å². The summed E-state index contributed by atoms with van der Waals surface area (Å²) in [7, 11) is 0. The van der Waals surface area contributed by atoms with Crippen LogP contribution in [0.2, 0.25) is 0 Å². The molecule has 4 atom stereocenters. The molecule has 1 amide bonds. The first kappa shape index (κ1) is 31.1. The summed E-state index contributed by atoms with van der Waals surface area (Å²) in [6.45, 7) is 3.02. The fraction of sp³-hybridized carbons (Fsp3) is 0.353. The molecule has 0 radical (unpaired) electrons. The zero-order valence-corrected chi connectivity index (χ0v) is 24.8. The van der Waals surface area contributed by atoms with Crippen molar-refractivity contribution in [2.45, 2.75) is 64.1 Å². The molecule has 0 bridgehead atoms. The number of ether oxygens (including phenoxy) is 4. The fourth-order valence-electron chi connectivity index (χ4n) is 5.26. The number of amides is 1. The molecule has 1 saturated heterocycles. The van der Waals surface area contributed by atoms with Crippen molar-refractivity contribution >= 4 is 11.9 Å². The quantitative estimate of drug-likeness (QED) is 0.188. The van der Waals surface area contributed by atoms with Gasteiger partial charge in [-0.1, -0.05) is 97.9 Å². The Morgan fingerprint density at radius 3 is 1.84 bits per heavy atom. The van der Waals surface area contributed by atoms with Crippen molar-refractivity contribution in [1.82, 2.24) is 19.7 Å². The van der Waals surface area contributed by atoms with Crippen LogP contribution in [0.1, 0.15) is 30.0 Å². The second-order valence-electron chi connectivity index (χ2n) is 10.6. The zero-order valence-electron chi connectivity index (χ0n) is 24.8. The summed E-state index contributed by atoms with van der Waals surface area (Å²) < 4.78 is 26.6. The summed E-state index contributed by atoms with van der Waals surface area (Å²) in [5.41, 5.74) is 2.86. The Morgan fingerprint density at radius 1 is 0.773 bits per heavy atom. The fourth-order valence-corrected chi connectivity index (χ4v) is 5.26. The predicted molar refractivity (Wildman–Crippen MR) is 162 cm³/mol. The van der Waals surface area contributed by atoms with Gasteiger partial charge in [-0.15, -0.1) is 0 Å². The number of hydrogen-bond donors (Lipinski definition) is 0. The average molecular weight is 599 g/mol. The van der Waals surface area contributed by atoms with E-state index in [2.05, 4.69) is 10.1 Å². The number of carbonyl (C=O) groups is 2. The molecule has 0 saturated carbocycles. The molecule has 10 heteroatoms. The molecule has 0 spiro atoms. The largest absolute Gasteiger partial charge is 0.462 e. The summed E-state index contributed by atoms with van der Waals surface area (Å²) in [5, 5.41) is 3.98. The monoisotopic (exact) mass is 598 g/mol. The number of carbonyl (C=O) groups excluding carboxylic acids is 2. The maximum absolute atomic E-state index is 14.2. The summed E-state index contributed by atoms with van der Waals surface area (Å²) in [6, 6.07) is 28.7. The lowest BCUT2D eigenvalue weighted by Gasteiger charge is -2.47. The summed E-state index contributed by atoms with van der Waals surface area (Å²) in [5.74, 6) is -0.719. The number of piperidine rings is 1. The molecule has 0 unspecified atom stereocenters. The minimum absolute atomic E-state index is 0.0741. The SMILES string of the molecule is CCCN1C(=O)[C@H](OCc2ccccc2)[C@H](OCc2ccccc2)[C@H](OCc2ccccc2)[C@H]1COC(=O)Cn1cncn1. The first-order valence-electron chi connectivity index (χ1n) is 14.9. The van der Waals surface area contributed by atoms with E-state index >= 15 is 0 Å². The van der Waals surface area contributed by atoms with Gasteiger partial charge in [0, 0.05) is 6.54 Å². The van der Waals surface area contributed by atoms with Crippen LogP contribution >= 0.6 is 0 Å². The van der Waals surface area contributed by atoms with Crippen molar-refractivity contribution in [2.75, 3.05) is 13.2 Å². The van der Waals surface area contributed by atoms with Gasteiger partial charge in [-0.2, -0.15) is 5.10 Å². The number of nitrogens with zero attached hydrogens (tertiary/aromatic N) is 4. The van der Waals surface area contributed by atoms with E-state index in [1.54, 1.807) is 4.90 Å². The van der Waals surface area contributed by atoms with E-state index in [9.17, 15) is 9.59 Å². The number of aromatic nitrogens is 3. The lowest BCUT2D eigenvalue weighted by Crippen LogP contribution is -2.67. The normalized spacial score (nSPS) is 20.0. The molecule has 2 heterocycles. The topological polar surface area (TPSA) is 105 Å². The number of esters is 1. The average Bonchev–Trinajstić information content (AvgIpc) is 3.57. The van der Waals surface area contributed by atoms with Crippen molar-refractivity contribution in [2.24, 2.45) is 0 Å². The standard InChI is InChI=1S/C34H38N4O6/c1-2-18-38-29(23-41-30(39)19-37-25-35-24-36-37)31(42-20-26-12-6-3-7-13-26)32(43-21-27-14-8-4-9-15-27)33(34(38)40)44-22-28-16-10-5-11-17-28/h3-17,24-25,29,31-33H,2,18-23H2,1H3/t29-,31-,32-,33-/m1/s1. The molecule has 3 aromatic carbocycles. The second kappa shape index (κ2) is 15.9. The molecule has 0 aliphatic carbocycles. The van der Waals surface area contributed by atoms with Crippen molar-refractivity contribution in [3.8, 4) is 0 Å². The molecular formula is C34H38N4O6. The molecule has 230 valence electrons. The van der Waals surface area contributed by atoms with Gasteiger partial charge in [0.15, 0.2) is 6.10 Å². The van der Waals surface area contributed by atoms with Gasteiger partial charge in [0.25, 0.3) is 5.91 Å². The highest BCUT2D eigenvalue weighted by Crippen LogP contribution is 2.30. The maximum atomic E-state index is 14.2. The van der Waals surface area contributed by atoms with Crippen LogP contribution in [0.4, 0.5) is 0 Å². The highest BCUT2D eigenvalue weighted by molar-refractivity contribution is 5.83. The zero-order chi connectivity index (χ0) is 30.6. The van der Waals surface area contributed by atoms with E-state index in [1.807, 2.05) is 97.9 Å². The third kappa shape index (κ3) is 8.37. The Morgan fingerprint density at radius 2 is 1.32 bits per heavy atom. The Bertz CT molecular complexity index is 1420. The minimum Gasteiger partial charge on any atom is -0.462 e. The second-order valence-corrected chi connectivity index (χ2v) is 10.6. The van der Waals surface area contributed by atoms with Gasteiger partial charge in [0.2, 0.25) is 0 Å². The smallest absolute Gasteiger partial charge is 0.327 e. The Labute approximate surface area is 257 Å². The van der Waals surface area contributed by atoms with E-state index in [1.165, 1.54) is 17.3 Å². The number of likely N-dealkylation sites (tertiary alicyclic amines) is 1. The summed E-state index contributed by atoms with van der Waals surface area (Å²) in [6.07, 6.45) is 1.12. The van der Waals surface area contributed by atoms with Crippen LogP contribution < -0.4 is 0 Å². The van der Waals surface area contributed by atoms with Gasteiger partial charge >= 0.3 is 5.97 Å². The molecule has 1 fully saturated rings. The molecule has 1 aliphatic rings. The van der Waals surface area contributed by atoms with Crippen LogP contribution in [-0.2, 0) is 54.9 Å². The lowest BCUT2D eigenvalue weighted by molar-refractivity contribution is -0.213. The van der Waals surface area contributed by atoms with Crippen molar-refractivity contribution < 1.29 is 28.5 Å². The number of rotatable bonds is 15. The van der Waals surface area contributed by atoms with Crippen LogP contribution in [0, 0.1) is 0 Å². The first-order chi connectivity index (χ1) is 21.6. The first-order valence-corrected chi connectivity index (χ1v) is 14.9. The molecular weight excluding hydrogens is 560 g/mol. The highest BCUT2D eigenvalue weighted by Gasteiger charge is 2.51. The van der Waals surface area contributed by atoms with Crippen molar-refractivity contribution in [1.29, 1.82) is 0 Å². The molecule has 44 heavy (non-hydrogen) atoms. The molecule has 10 nitrogen and oxygen atoms in total. The van der Waals surface area contributed by atoms with Gasteiger partial charge < -0.3 is 23.8 Å². The molecule has 1 aliphatic heterocycles. The van der Waals surface area contributed by atoms with Gasteiger partial charge in [-0.25, -0.2) is 9.67 Å². The van der Waals surface area contributed by atoms with Crippen LogP contribution in [0.15, 0.2) is 104 Å². The highest BCUT2D eigenvalue weighted by atomic mass is 16.6. The third-order valence-corrected chi connectivity index (χ3v) is 7.41. The maximum Gasteiger partial charge on any atom is 0.327 e. The van der Waals surface area contributed by atoms with Crippen LogP contribution in [0.3, 0.4) is 0 Å². The van der Waals surface area contributed by atoms with Gasteiger partial charge in [0.05, 0.1) is 25.9 Å². The van der Waals surface area contributed by atoms with Gasteiger partial charge in [-0.3, -0.25) is 9.59 Å². The van der Waals surface area contributed by atoms with Gasteiger partial charge in [-0.05, 0) is 23.1 Å².